The van der Waals surface area contributed by atoms with E-state index in [4.69, 9.17) is 21.3 Å². The van der Waals surface area contributed by atoms with E-state index in [1.54, 1.807) is 0 Å². The van der Waals surface area contributed by atoms with Crippen LogP contribution in [0.15, 0.2) is 78.9 Å². The van der Waals surface area contributed by atoms with Crippen molar-refractivity contribution >= 4 is 28.5 Å². The Morgan fingerprint density at radius 2 is 1.71 bits per heavy atom. The van der Waals surface area contributed by atoms with Gasteiger partial charge in [0.15, 0.2) is 0 Å². The number of rotatable bonds is 9. The van der Waals surface area contributed by atoms with Crippen molar-refractivity contribution in [1.82, 2.24) is 14.5 Å². The van der Waals surface area contributed by atoms with Gasteiger partial charge in [-0.05, 0) is 54.8 Å². The van der Waals surface area contributed by atoms with Crippen LogP contribution in [0.1, 0.15) is 36.6 Å². The number of amides is 1. The minimum Gasteiger partial charge on any atom is -0.494 e. The van der Waals surface area contributed by atoms with Crippen molar-refractivity contribution in [3.8, 4) is 5.75 Å². The second kappa shape index (κ2) is 10.3. The summed E-state index contributed by atoms with van der Waals surface area (Å²) in [5.74, 6) is 2.16. The molecule has 0 bridgehead atoms. The molecule has 1 saturated heterocycles. The first-order chi connectivity index (χ1) is 16.7. The third-order valence-corrected chi connectivity index (χ3v) is 6.59. The van der Waals surface area contributed by atoms with Crippen molar-refractivity contribution in [2.45, 2.75) is 38.3 Å². The average molecular weight is 474 g/mol. The van der Waals surface area contributed by atoms with E-state index < -0.39 is 0 Å². The van der Waals surface area contributed by atoms with Crippen LogP contribution in [0.4, 0.5) is 0 Å². The van der Waals surface area contributed by atoms with Gasteiger partial charge < -0.3 is 14.2 Å². The SMILES string of the molecule is O=C1CC(c2nc3ccccc3n2CCCCOc2ccc(Cl)cc2)CN1Cc1ccccc1. The number of unbranched alkanes of at least 4 members (excludes halogenated alkanes) is 1. The highest BCUT2D eigenvalue weighted by molar-refractivity contribution is 6.30. The molecule has 0 N–H and O–H groups in total. The van der Waals surface area contributed by atoms with Crippen LogP contribution in [0.5, 0.6) is 5.75 Å². The lowest BCUT2D eigenvalue weighted by Crippen LogP contribution is -2.24. The maximum Gasteiger partial charge on any atom is 0.223 e. The van der Waals surface area contributed by atoms with Gasteiger partial charge in [-0.3, -0.25) is 4.79 Å². The number of hydrogen-bond acceptors (Lipinski definition) is 3. The molecule has 0 aliphatic carbocycles. The van der Waals surface area contributed by atoms with Crippen LogP contribution >= 0.6 is 11.6 Å². The fraction of sp³-hybridized carbons (Fsp3) is 0.286. The highest BCUT2D eigenvalue weighted by Crippen LogP contribution is 2.31. The summed E-state index contributed by atoms with van der Waals surface area (Å²) in [6.07, 6.45) is 2.41. The number of ether oxygens (including phenoxy) is 1. The van der Waals surface area contributed by atoms with Gasteiger partial charge in [0.1, 0.15) is 11.6 Å². The number of nitrogens with zero attached hydrogens (tertiary/aromatic N) is 3. The summed E-state index contributed by atoms with van der Waals surface area (Å²) in [4.78, 5) is 19.7. The number of imidazole rings is 1. The van der Waals surface area contributed by atoms with Crippen LogP contribution in [0, 0.1) is 0 Å². The van der Waals surface area contributed by atoms with E-state index in [0.29, 0.717) is 31.1 Å². The monoisotopic (exact) mass is 473 g/mol. The van der Waals surface area contributed by atoms with Gasteiger partial charge in [0.2, 0.25) is 5.91 Å². The molecule has 0 radical (unpaired) electrons. The molecule has 2 heterocycles. The molecule has 1 unspecified atom stereocenters. The van der Waals surface area contributed by atoms with Crippen molar-refractivity contribution in [2.75, 3.05) is 13.2 Å². The van der Waals surface area contributed by atoms with E-state index in [0.717, 1.165) is 47.6 Å². The van der Waals surface area contributed by atoms with Crippen molar-refractivity contribution in [3.63, 3.8) is 0 Å². The van der Waals surface area contributed by atoms with Gasteiger partial charge in [-0.25, -0.2) is 4.98 Å². The van der Waals surface area contributed by atoms with Gasteiger partial charge in [0, 0.05) is 37.0 Å². The van der Waals surface area contributed by atoms with Crippen LogP contribution < -0.4 is 4.74 Å². The summed E-state index contributed by atoms with van der Waals surface area (Å²) in [6, 6.07) is 25.9. The van der Waals surface area contributed by atoms with Gasteiger partial charge in [-0.1, -0.05) is 54.1 Å². The molecule has 34 heavy (non-hydrogen) atoms. The Morgan fingerprint density at radius 1 is 0.941 bits per heavy atom. The molecule has 1 aromatic heterocycles. The van der Waals surface area contributed by atoms with E-state index in [2.05, 4.69) is 34.9 Å². The predicted molar refractivity (Wildman–Crippen MR) is 135 cm³/mol. The maximum atomic E-state index is 12.8. The molecule has 1 atom stereocenters. The number of carbonyl (C=O) groups excluding carboxylic acids is 1. The summed E-state index contributed by atoms with van der Waals surface area (Å²) in [5.41, 5.74) is 3.28. The fourth-order valence-corrected chi connectivity index (χ4v) is 4.76. The average Bonchev–Trinajstić information content (AvgIpc) is 3.41. The molecule has 5 nitrogen and oxygen atoms in total. The second-order valence-corrected chi connectivity index (χ2v) is 9.22. The normalized spacial score (nSPS) is 15.9. The fourth-order valence-electron chi connectivity index (χ4n) is 4.64. The van der Waals surface area contributed by atoms with Crippen LogP contribution in [-0.2, 0) is 17.9 Å². The Labute approximate surface area is 204 Å². The summed E-state index contributed by atoms with van der Waals surface area (Å²) >= 11 is 5.94. The van der Waals surface area contributed by atoms with Gasteiger partial charge in [0.05, 0.1) is 17.6 Å². The Hall–Kier alpha value is -3.31. The first-order valence-corrected chi connectivity index (χ1v) is 12.2. The molecule has 5 rings (SSSR count). The van der Waals surface area contributed by atoms with E-state index in [9.17, 15) is 4.79 Å². The number of carbonyl (C=O) groups is 1. The predicted octanol–water partition coefficient (Wildman–Crippen LogP) is 6.07. The number of fused-ring (bicyclic) bond motifs is 1. The molecule has 1 fully saturated rings. The highest BCUT2D eigenvalue weighted by atomic mass is 35.5. The smallest absolute Gasteiger partial charge is 0.223 e. The zero-order chi connectivity index (χ0) is 23.3. The van der Waals surface area contributed by atoms with Crippen molar-refractivity contribution in [2.24, 2.45) is 0 Å². The molecule has 1 amide bonds. The quantitative estimate of drug-likeness (QED) is 0.277. The first kappa shape index (κ1) is 22.5. The summed E-state index contributed by atoms with van der Waals surface area (Å²) < 4.78 is 8.15. The van der Waals surface area contributed by atoms with E-state index in [1.807, 2.05) is 53.4 Å². The number of hydrogen-bond donors (Lipinski definition) is 0. The minimum atomic E-state index is 0.105. The lowest BCUT2D eigenvalue weighted by molar-refractivity contribution is -0.128. The topological polar surface area (TPSA) is 47.4 Å². The lowest BCUT2D eigenvalue weighted by Gasteiger charge is -2.17. The minimum absolute atomic E-state index is 0.105. The number of aromatic nitrogens is 2. The van der Waals surface area contributed by atoms with E-state index in [-0.39, 0.29) is 11.8 Å². The number of benzene rings is 3. The van der Waals surface area contributed by atoms with Crippen LogP contribution in [0.3, 0.4) is 0 Å². The molecule has 6 heteroatoms. The van der Waals surface area contributed by atoms with Crippen LogP contribution in [0.25, 0.3) is 11.0 Å². The van der Waals surface area contributed by atoms with Gasteiger partial charge >= 0.3 is 0 Å². The summed E-state index contributed by atoms with van der Waals surface area (Å²) in [5, 5.41) is 0.708. The Kier molecular flexibility index (Phi) is 6.82. The molecular weight excluding hydrogens is 446 g/mol. The van der Waals surface area contributed by atoms with Crippen LogP contribution in [-0.4, -0.2) is 33.5 Å². The molecule has 3 aromatic carbocycles. The molecule has 1 aliphatic rings. The van der Waals surface area contributed by atoms with Gasteiger partial charge in [-0.15, -0.1) is 0 Å². The molecule has 174 valence electrons. The van der Waals surface area contributed by atoms with Crippen molar-refractivity contribution in [1.29, 1.82) is 0 Å². The molecule has 0 spiro atoms. The molecular formula is C28H28ClN3O2. The molecule has 1 aliphatic heterocycles. The Morgan fingerprint density at radius 3 is 2.53 bits per heavy atom. The maximum absolute atomic E-state index is 12.8. The third kappa shape index (κ3) is 5.10. The molecule has 4 aromatic rings. The summed E-state index contributed by atoms with van der Waals surface area (Å²) in [7, 11) is 0. The van der Waals surface area contributed by atoms with Gasteiger partial charge in [-0.2, -0.15) is 0 Å². The van der Waals surface area contributed by atoms with Crippen molar-refractivity contribution in [3.05, 3.63) is 95.3 Å². The van der Waals surface area contributed by atoms with Crippen molar-refractivity contribution < 1.29 is 9.53 Å². The zero-order valence-corrected chi connectivity index (χ0v) is 19.8. The Balaban J connectivity index is 1.25. The highest BCUT2D eigenvalue weighted by Gasteiger charge is 2.33. The number of para-hydroxylation sites is 2. The largest absolute Gasteiger partial charge is 0.494 e. The number of aryl methyl sites for hydroxylation is 1. The summed E-state index contributed by atoms with van der Waals surface area (Å²) in [6.45, 7) is 2.86. The first-order valence-electron chi connectivity index (χ1n) is 11.8. The van der Waals surface area contributed by atoms with Crippen LogP contribution in [0.2, 0.25) is 5.02 Å². The van der Waals surface area contributed by atoms with E-state index >= 15 is 0 Å². The number of likely N-dealkylation sites (tertiary alicyclic amines) is 1. The van der Waals surface area contributed by atoms with Gasteiger partial charge in [0.25, 0.3) is 0 Å². The lowest BCUT2D eigenvalue weighted by atomic mass is 10.1. The zero-order valence-electron chi connectivity index (χ0n) is 19.1. The standard InChI is InChI=1S/C28H28ClN3O2/c29-23-12-14-24(15-13-23)34-17-7-6-16-32-26-11-5-4-10-25(26)30-28(32)22-18-27(33)31(20-22)19-21-8-2-1-3-9-21/h1-5,8-15,22H,6-7,16-20H2. The number of halogens is 1. The van der Waals surface area contributed by atoms with E-state index in [1.165, 1.54) is 0 Å². The molecule has 0 saturated carbocycles. The second-order valence-electron chi connectivity index (χ2n) is 8.78. The third-order valence-electron chi connectivity index (χ3n) is 6.34. The Bertz CT molecular complexity index is 1250.